The molecule has 1 saturated heterocycles. The number of piperidine rings is 1. The number of hydrogen-bond acceptors (Lipinski definition) is 4. The fourth-order valence-electron chi connectivity index (χ4n) is 2.17. The van der Waals surface area contributed by atoms with Gasteiger partial charge in [0, 0.05) is 26.1 Å². The molecule has 1 heterocycles. The summed E-state index contributed by atoms with van der Waals surface area (Å²) in [5.74, 6) is -1.12. The molecule has 1 amide bonds. The van der Waals surface area contributed by atoms with Crippen molar-refractivity contribution in [3.05, 3.63) is 29.8 Å². The molecule has 0 aromatic heterocycles. The standard InChI is InChI=1S/C13H16N2O5S/c1-15-8-10(4-7-12(15)16)14-21(19,20)11-5-2-9(3-6-11)13(17)18/h2-3,5-6,10,14H,4,7-8H2,1H3,(H,17,18). The highest BCUT2D eigenvalue weighted by Gasteiger charge is 2.27. The summed E-state index contributed by atoms with van der Waals surface area (Å²) in [7, 11) is -2.09. The third kappa shape index (κ3) is 3.59. The molecule has 0 saturated carbocycles. The van der Waals surface area contributed by atoms with Crippen LogP contribution in [0.25, 0.3) is 0 Å². The van der Waals surface area contributed by atoms with Gasteiger partial charge >= 0.3 is 5.97 Å². The van der Waals surface area contributed by atoms with Crippen LogP contribution in [-0.2, 0) is 14.8 Å². The molecular weight excluding hydrogens is 296 g/mol. The highest BCUT2D eigenvalue weighted by molar-refractivity contribution is 7.89. The normalized spacial score (nSPS) is 19.6. The van der Waals surface area contributed by atoms with Crippen LogP contribution in [0.2, 0.25) is 0 Å². The molecule has 2 N–H and O–H groups in total. The van der Waals surface area contributed by atoms with Gasteiger partial charge in [-0.05, 0) is 30.7 Å². The Balaban J connectivity index is 2.11. The number of nitrogens with one attached hydrogen (secondary N) is 1. The predicted octanol–water partition coefficient (Wildman–Crippen LogP) is 0.284. The number of carboxylic acid groups (broad SMARTS) is 1. The molecule has 1 aliphatic heterocycles. The second-order valence-corrected chi connectivity index (χ2v) is 6.67. The van der Waals surface area contributed by atoms with Gasteiger partial charge in [0.25, 0.3) is 0 Å². The molecule has 1 atom stereocenters. The molecular formula is C13H16N2O5S. The largest absolute Gasteiger partial charge is 0.478 e. The van der Waals surface area contributed by atoms with Crippen molar-refractivity contribution in [2.45, 2.75) is 23.8 Å². The first-order chi connectivity index (χ1) is 9.79. The molecule has 1 unspecified atom stereocenters. The molecule has 8 heteroatoms. The Labute approximate surface area is 122 Å². The van der Waals surface area contributed by atoms with Crippen molar-refractivity contribution < 1.29 is 23.1 Å². The van der Waals surface area contributed by atoms with Crippen LogP contribution in [0.1, 0.15) is 23.2 Å². The van der Waals surface area contributed by atoms with Gasteiger partial charge in [-0.3, -0.25) is 4.79 Å². The van der Waals surface area contributed by atoms with E-state index in [1.807, 2.05) is 0 Å². The van der Waals surface area contributed by atoms with Gasteiger partial charge in [0.05, 0.1) is 10.5 Å². The van der Waals surface area contributed by atoms with Gasteiger partial charge in [0.15, 0.2) is 0 Å². The van der Waals surface area contributed by atoms with Crippen LogP contribution >= 0.6 is 0 Å². The van der Waals surface area contributed by atoms with E-state index in [0.29, 0.717) is 19.4 Å². The molecule has 0 radical (unpaired) electrons. The van der Waals surface area contributed by atoms with E-state index in [1.54, 1.807) is 7.05 Å². The zero-order valence-corrected chi connectivity index (χ0v) is 12.3. The summed E-state index contributed by atoms with van der Waals surface area (Å²) in [4.78, 5) is 23.6. The number of benzene rings is 1. The molecule has 0 aliphatic carbocycles. The van der Waals surface area contributed by atoms with Gasteiger partial charge in [-0.2, -0.15) is 0 Å². The van der Waals surface area contributed by atoms with Crippen molar-refractivity contribution in [1.82, 2.24) is 9.62 Å². The molecule has 1 fully saturated rings. The highest BCUT2D eigenvalue weighted by Crippen LogP contribution is 2.15. The number of rotatable bonds is 4. The molecule has 114 valence electrons. The number of likely N-dealkylation sites (N-methyl/N-ethyl adjacent to an activating group) is 1. The molecule has 1 aliphatic rings. The van der Waals surface area contributed by atoms with Crippen LogP contribution in [0, 0.1) is 0 Å². The Morgan fingerprint density at radius 3 is 2.48 bits per heavy atom. The number of hydrogen-bond donors (Lipinski definition) is 2. The van der Waals surface area contributed by atoms with E-state index >= 15 is 0 Å². The first kappa shape index (κ1) is 15.5. The minimum Gasteiger partial charge on any atom is -0.478 e. The van der Waals surface area contributed by atoms with Gasteiger partial charge in [-0.15, -0.1) is 0 Å². The number of nitrogens with zero attached hydrogens (tertiary/aromatic N) is 1. The Morgan fingerprint density at radius 2 is 1.95 bits per heavy atom. The van der Waals surface area contributed by atoms with E-state index in [4.69, 9.17) is 5.11 Å². The van der Waals surface area contributed by atoms with Gasteiger partial charge in [-0.25, -0.2) is 17.9 Å². The number of carbonyl (C=O) groups is 2. The number of likely N-dealkylation sites (tertiary alicyclic amines) is 1. The van der Waals surface area contributed by atoms with Crippen LogP contribution in [0.4, 0.5) is 0 Å². The van der Waals surface area contributed by atoms with Crippen molar-refractivity contribution in [3.63, 3.8) is 0 Å². The average molecular weight is 312 g/mol. The minimum absolute atomic E-state index is 0.00346. The Hall–Kier alpha value is -1.93. The maximum atomic E-state index is 12.2. The first-order valence-electron chi connectivity index (χ1n) is 6.39. The molecule has 2 rings (SSSR count). The average Bonchev–Trinajstić information content (AvgIpc) is 2.43. The van der Waals surface area contributed by atoms with E-state index in [-0.39, 0.29) is 22.4 Å². The Kier molecular flexibility index (Phi) is 4.29. The molecule has 1 aromatic carbocycles. The summed E-state index contributed by atoms with van der Waals surface area (Å²) in [6, 6.07) is 4.66. The van der Waals surface area contributed by atoms with Crippen molar-refractivity contribution in [1.29, 1.82) is 0 Å². The zero-order chi connectivity index (χ0) is 15.6. The monoisotopic (exact) mass is 312 g/mol. The van der Waals surface area contributed by atoms with Crippen molar-refractivity contribution in [3.8, 4) is 0 Å². The molecule has 0 spiro atoms. The van der Waals surface area contributed by atoms with Crippen molar-refractivity contribution in [2.24, 2.45) is 0 Å². The highest BCUT2D eigenvalue weighted by atomic mass is 32.2. The van der Waals surface area contributed by atoms with Crippen LogP contribution in [-0.4, -0.2) is 49.9 Å². The van der Waals surface area contributed by atoms with Crippen LogP contribution < -0.4 is 4.72 Å². The maximum absolute atomic E-state index is 12.2. The maximum Gasteiger partial charge on any atom is 0.335 e. The third-order valence-electron chi connectivity index (χ3n) is 3.36. The molecule has 7 nitrogen and oxygen atoms in total. The quantitative estimate of drug-likeness (QED) is 0.831. The van der Waals surface area contributed by atoms with E-state index in [2.05, 4.69) is 4.72 Å². The number of amides is 1. The number of carboxylic acids is 1. The summed E-state index contributed by atoms with van der Waals surface area (Å²) in [6.45, 7) is 0.325. The number of aromatic carboxylic acids is 1. The summed E-state index contributed by atoms with van der Waals surface area (Å²) in [5, 5.41) is 8.79. The Bertz CT molecular complexity index is 654. The second-order valence-electron chi connectivity index (χ2n) is 4.96. The van der Waals surface area contributed by atoms with Crippen LogP contribution in [0.15, 0.2) is 29.2 Å². The number of sulfonamides is 1. The lowest BCUT2D eigenvalue weighted by atomic mass is 10.1. The Morgan fingerprint density at radius 1 is 1.33 bits per heavy atom. The predicted molar refractivity (Wildman–Crippen MR) is 74.4 cm³/mol. The zero-order valence-electron chi connectivity index (χ0n) is 11.4. The number of carbonyl (C=O) groups excluding carboxylic acids is 1. The van der Waals surface area contributed by atoms with Gasteiger partial charge in [-0.1, -0.05) is 0 Å². The SMILES string of the molecule is CN1CC(NS(=O)(=O)c2ccc(C(=O)O)cc2)CCC1=O. The molecule has 1 aromatic rings. The second kappa shape index (κ2) is 5.82. The van der Waals surface area contributed by atoms with Crippen molar-refractivity contribution >= 4 is 21.9 Å². The summed E-state index contributed by atoms with van der Waals surface area (Å²) in [6.07, 6.45) is 0.761. The smallest absolute Gasteiger partial charge is 0.335 e. The summed E-state index contributed by atoms with van der Waals surface area (Å²) >= 11 is 0. The van der Waals surface area contributed by atoms with E-state index in [9.17, 15) is 18.0 Å². The minimum atomic E-state index is -3.72. The lowest BCUT2D eigenvalue weighted by molar-refractivity contribution is -0.132. The van der Waals surface area contributed by atoms with Crippen molar-refractivity contribution in [2.75, 3.05) is 13.6 Å². The van der Waals surface area contributed by atoms with Gasteiger partial charge < -0.3 is 10.0 Å². The first-order valence-corrected chi connectivity index (χ1v) is 7.87. The topological polar surface area (TPSA) is 104 Å². The van der Waals surface area contributed by atoms with Crippen LogP contribution in [0.3, 0.4) is 0 Å². The molecule has 21 heavy (non-hydrogen) atoms. The van der Waals surface area contributed by atoms with E-state index < -0.39 is 16.0 Å². The van der Waals surface area contributed by atoms with Crippen LogP contribution in [0.5, 0.6) is 0 Å². The summed E-state index contributed by atoms with van der Waals surface area (Å²) < 4.78 is 27.0. The summed E-state index contributed by atoms with van der Waals surface area (Å²) in [5.41, 5.74) is 0.0250. The third-order valence-corrected chi connectivity index (χ3v) is 4.90. The van der Waals surface area contributed by atoms with E-state index in [1.165, 1.54) is 29.2 Å². The fraction of sp³-hybridized carbons (Fsp3) is 0.385. The fourth-order valence-corrected chi connectivity index (χ4v) is 3.43. The van der Waals surface area contributed by atoms with E-state index in [0.717, 1.165) is 0 Å². The van der Waals surface area contributed by atoms with Gasteiger partial charge in [0.1, 0.15) is 0 Å². The molecule has 0 bridgehead atoms. The lowest BCUT2D eigenvalue weighted by Gasteiger charge is -2.29. The lowest BCUT2D eigenvalue weighted by Crippen LogP contribution is -2.48. The van der Waals surface area contributed by atoms with Gasteiger partial charge in [0.2, 0.25) is 15.9 Å².